The summed E-state index contributed by atoms with van der Waals surface area (Å²) in [5.41, 5.74) is 3.09. The Morgan fingerprint density at radius 1 is 1.04 bits per heavy atom. The van der Waals surface area contributed by atoms with Crippen LogP contribution in [0.15, 0.2) is 48.5 Å². The minimum absolute atomic E-state index is 0.196. The number of piperidine rings is 1. The quantitative estimate of drug-likeness (QED) is 0.596. The van der Waals surface area contributed by atoms with E-state index in [-0.39, 0.29) is 17.9 Å². The van der Waals surface area contributed by atoms with Gasteiger partial charge in [-0.1, -0.05) is 48.9 Å². The van der Waals surface area contributed by atoms with E-state index in [0.29, 0.717) is 17.5 Å². The highest BCUT2D eigenvalue weighted by Gasteiger charge is 2.43. The van der Waals surface area contributed by atoms with Crippen LogP contribution in [0.25, 0.3) is 0 Å². The molecule has 5 heteroatoms. The third-order valence-electron chi connectivity index (χ3n) is 5.49. The molecule has 0 radical (unpaired) electrons. The predicted molar refractivity (Wildman–Crippen MR) is 106 cm³/mol. The van der Waals surface area contributed by atoms with Crippen molar-refractivity contribution in [3.05, 3.63) is 70.8 Å². The Morgan fingerprint density at radius 2 is 1.68 bits per heavy atom. The van der Waals surface area contributed by atoms with Crippen LogP contribution in [0.3, 0.4) is 0 Å². The van der Waals surface area contributed by atoms with Crippen LogP contribution >= 0.6 is 0 Å². The molecule has 1 aliphatic heterocycles. The number of aryl methyl sites for hydroxylation is 1. The molecule has 5 nitrogen and oxygen atoms in total. The zero-order valence-corrected chi connectivity index (χ0v) is 16.4. The standard InChI is InChI=1S/C23H25NO4/c1-15-4-9-18(10-5-15)21-16(2)6-13-20(23(27)28-3)24(21)22(26)19-11-7-17(14-25)8-12-19/h4-5,7-12,14,16,20-21H,6,13H2,1-3H3/t16-,20-,21-/m0/s1. The molecule has 0 aliphatic carbocycles. The van der Waals surface area contributed by atoms with E-state index in [4.69, 9.17) is 4.74 Å². The van der Waals surface area contributed by atoms with Gasteiger partial charge < -0.3 is 9.64 Å². The van der Waals surface area contributed by atoms with Crippen LogP contribution in [0, 0.1) is 12.8 Å². The number of benzene rings is 2. The van der Waals surface area contributed by atoms with Gasteiger partial charge in [-0.2, -0.15) is 0 Å². The number of rotatable bonds is 4. The van der Waals surface area contributed by atoms with Gasteiger partial charge >= 0.3 is 5.97 Å². The fourth-order valence-corrected chi connectivity index (χ4v) is 3.93. The SMILES string of the molecule is COC(=O)[C@@H]1CC[C@H](C)[C@@H](c2ccc(C)cc2)N1C(=O)c1ccc(C=O)cc1. The number of esters is 1. The summed E-state index contributed by atoms with van der Waals surface area (Å²) in [5.74, 6) is -0.436. The number of likely N-dealkylation sites (tertiary alicyclic amines) is 1. The van der Waals surface area contributed by atoms with E-state index in [2.05, 4.69) is 6.92 Å². The van der Waals surface area contributed by atoms with E-state index in [1.165, 1.54) is 7.11 Å². The number of carbonyl (C=O) groups is 3. The molecule has 1 amide bonds. The van der Waals surface area contributed by atoms with Crippen molar-refractivity contribution in [2.75, 3.05) is 7.11 Å². The number of hydrogen-bond acceptors (Lipinski definition) is 4. The average Bonchev–Trinajstić information content (AvgIpc) is 2.73. The molecule has 0 spiro atoms. The smallest absolute Gasteiger partial charge is 0.328 e. The summed E-state index contributed by atoms with van der Waals surface area (Å²) in [6.45, 7) is 4.12. The number of hydrogen-bond donors (Lipinski definition) is 0. The molecule has 1 saturated heterocycles. The summed E-state index contributed by atoms with van der Waals surface area (Å²) in [6.07, 6.45) is 2.13. The normalized spacial score (nSPS) is 21.8. The van der Waals surface area contributed by atoms with Crippen molar-refractivity contribution in [1.29, 1.82) is 0 Å². The van der Waals surface area contributed by atoms with Crippen molar-refractivity contribution in [3.8, 4) is 0 Å². The van der Waals surface area contributed by atoms with Crippen LogP contribution in [-0.4, -0.2) is 36.2 Å². The lowest BCUT2D eigenvalue weighted by Gasteiger charge is -2.44. The number of methoxy groups -OCH3 is 1. The van der Waals surface area contributed by atoms with Crippen molar-refractivity contribution in [1.82, 2.24) is 4.90 Å². The Morgan fingerprint density at radius 3 is 2.25 bits per heavy atom. The van der Waals surface area contributed by atoms with Gasteiger partial charge in [0.25, 0.3) is 5.91 Å². The molecule has 2 aromatic carbocycles. The Balaban J connectivity index is 2.05. The van der Waals surface area contributed by atoms with Gasteiger partial charge in [-0.3, -0.25) is 9.59 Å². The van der Waals surface area contributed by atoms with Crippen molar-refractivity contribution >= 4 is 18.2 Å². The Labute approximate surface area is 165 Å². The first kappa shape index (κ1) is 19.8. The van der Waals surface area contributed by atoms with Crippen molar-refractivity contribution < 1.29 is 19.1 Å². The van der Waals surface area contributed by atoms with Gasteiger partial charge in [0, 0.05) is 11.1 Å². The van der Waals surface area contributed by atoms with Gasteiger partial charge in [0.05, 0.1) is 13.2 Å². The van der Waals surface area contributed by atoms with Crippen LogP contribution in [0.1, 0.15) is 57.7 Å². The minimum atomic E-state index is -0.634. The molecule has 146 valence electrons. The van der Waals surface area contributed by atoms with Crippen LogP contribution in [0.4, 0.5) is 0 Å². The first-order valence-electron chi connectivity index (χ1n) is 9.48. The molecule has 1 aliphatic rings. The monoisotopic (exact) mass is 379 g/mol. The summed E-state index contributed by atoms with van der Waals surface area (Å²) in [4.78, 5) is 38.5. The van der Waals surface area contributed by atoms with Crippen LogP contribution < -0.4 is 0 Å². The molecule has 3 rings (SSSR count). The van der Waals surface area contributed by atoms with E-state index < -0.39 is 12.0 Å². The van der Waals surface area contributed by atoms with E-state index in [1.54, 1.807) is 29.2 Å². The zero-order chi connectivity index (χ0) is 20.3. The lowest BCUT2D eigenvalue weighted by atomic mass is 9.82. The van der Waals surface area contributed by atoms with Crippen molar-refractivity contribution in [2.24, 2.45) is 5.92 Å². The zero-order valence-electron chi connectivity index (χ0n) is 16.4. The maximum absolute atomic E-state index is 13.5. The lowest BCUT2D eigenvalue weighted by molar-refractivity contribution is -0.149. The predicted octanol–water partition coefficient (Wildman–Crippen LogP) is 3.96. The van der Waals surface area contributed by atoms with Crippen LogP contribution in [0.2, 0.25) is 0 Å². The highest BCUT2D eigenvalue weighted by atomic mass is 16.5. The maximum Gasteiger partial charge on any atom is 0.328 e. The first-order chi connectivity index (χ1) is 13.5. The second kappa shape index (κ2) is 8.38. The fourth-order valence-electron chi connectivity index (χ4n) is 3.93. The second-order valence-electron chi connectivity index (χ2n) is 7.40. The summed E-state index contributed by atoms with van der Waals surface area (Å²) < 4.78 is 5.00. The Bertz CT molecular complexity index is 857. The Hall–Kier alpha value is -2.95. The minimum Gasteiger partial charge on any atom is -0.467 e. The topological polar surface area (TPSA) is 63.7 Å². The number of ether oxygens (including phenoxy) is 1. The van der Waals surface area contributed by atoms with Gasteiger partial charge in [-0.25, -0.2) is 4.79 Å². The summed E-state index contributed by atoms with van der Waals surface area (Å²) in [6, 6.07) is 13.7. The third-order valence-corrected chi connectivity index (χ3v) is 5.49. The maximum atomic E-state index is 13.5. The molecular formula is C23H25NO4. The largest absolute Gasteiger partial charge is 0.467 e. The average molecular weight is 379 g/mol. The molecule has 28 heavy (non-hydrogen) atoms. The third kappa shape index (κ3) is 3.84. The number of amides is 1. The molecule has 2 aromatic rings. The first-order valence-corrected chi connectivity index (χ1v) is 9.48. The molecule has 1 heterocycles. The highest BCUT2D eigenvalue weighted by molar-refractivity contribution is 5.97. The van der Waals surface area contributed by atoms with Gasteiger partial charge in [-0.15, -0.1) is 0 Å². The molecule has 0 unspecified atom stereocenters. The van der Waals surface area contributed by atoms with Crippen molar-refractivity contribution in [2.45, 2.75) is 38.8 Å². The summed E-state index contributed by atoms with van der Waals surface area (Å²) in [7, 11) is 1.35. The van der Waals surface area contributed by atoms with Crippen molar-refractivity contribution in [3.63, 3.8) is 0 Å². The number of aldehydes is 1. The van der Waals surface area contributed by atoms with Gasteiger partial charge in [-0.05, 0) is 43.4 Å². The van der Waals surface area contributed by atoms with Gasteiger partial charge in [0.2, 0.25) is 0 Å². The van der Waals surface area contributed by atoms with E-state index in [9.17, 15) is 14.4 Å². The summed E-state index contributed by atoms with van der Waals surface area (Å²) in [5, 5.41) is 0. The molecule has 1 fully saturated rings. The van der Waals surface area contributed by atoms with E-state index in [1.807, 2.05) is 31.2 Å². The van der Waals surface area contributed by atoms with E-state index >= 15 is 0 Å². The van der Waals surface area contributed by atoms with Crippen LogP contribution in [-0.2, 0) is 9.53 Å². The van der Waals surface area contributed by atoms with Gasteiger partial charge in [0.15, 0.2) is 0 Å². The Kier molecular flexibility index (Phi) is 5.93. The van der Waals surface area contributed by atoms with Gasteiger partial charge in [0.1, 0.15) is 12.3 Å². The molecule has 0 aromatic heterocycles. The summed E-state index contributed by atoms with van der Waals surface area (Å²) >= 11 is 0. The number of nitrogens with zero attached hydrogens (tertiary/aromatic N) is 1. The molecule has 0 saturated carbocycles. The molecule has 0 bridgehead atoms. The highest BCUT2D eigenvalue weighted by Crippen LogP contribution is 2.40. The molecule has 3 atom stereocenters. The molecular weight excluding hydrogens is 354 g/mol. The van der Waals surface area contributed by atoms with Crippen LogP contribution in [0.5, 0.6) is 0 Å². The molecule has 0 N–H and O–H groups in total. The fraction of sp³-hybridized carbons (Fsp3) is 0.348. The van der Waals surface area contributed by atoms with E-state index in [0.717, 1.165) is 23.8 Å². The number of carbonyl (C=O) groups excluding carboxylic acids is 3. The second-order valence-corrected chi connectivity index (χ2v) is 7.40. The lowest BCUT2D eigenvalue weighted by Crippen LogP contribution is -2.52.